The molecule has 1 heterocycles. The molecule has 0 fully saturated rings. The molecular weight excluding hydrogens is 235 g/mol. The van der Waals surface area contributed by atoms with Gasteiger partial charge >= 0.3 is 15.6 Å². The molecule has 0 spiro atoms. The summed E-state index contributed by atoms with van der Waals surface area (Å²) in [5, 5.41) is 0. The van der Waals surface area contributed by atoms with Crippen LogP contribution in [-0.4, -0.2) is 38.5 Å². The highest BCUT2D eigenvalue weighted by molar-refractivity contribution is 7.87. The summed E-state index contributed by atoms with van der Waals surface area (Å²) < 4.78 is 61.0. The lowest BCUT2D eigenvalue weighted by Gasteiger charge is -2.13. The van der Waals surface area contributed by atoms with Gasteiger partial charge in [0.15, 0.2) is 0 Å². The van der Waals surface area contributed by atoms with Crippen molar-refractivity contribution in [3.05, 3.63) is 11.8 Å². The number of hydrogen-bond donors (Lipinski definition) is 0. The minimum Gasteiger partial charge on any atom is -0.379 e. The van der Waals surface area contributed by atoms with E-state index in [0.29, 0.717) is 0 Å². The van der Waals surface area contributed by atoms with Gasteiger partial charge in [-0.3, -0.25) is 4.90 Å². The lowest BCUT2D eigenvalue weighted by atomic mass is 10.3. The molecule has 8 heteroatoms. The van der Waals surface area contributed by atoms with Crippen molar-refractivity contribution in [1.29, 1.82) is 0 Å². The van der Waals surface area contributed by atoms with Crippen molar-refractivity contribution in [3.8, 4) is 0 Å². The van der Waals surface area contributed by atoms with Crippen molar-refractivity contribution in [2.45, 2.75) is 18.5 Å². The summed E-state index contributed by atoms with van der Waals surface area (Å²) in [5.41, 5.74) is -5.38. The summed E-state index contributed by atoms with van der Waals surface area (Å²) in [4.78, 5) is 1.65. The molecule has 0 aromatic heterocycles. The van der Waals surface area contributed by atoms with Gasteiger partial charge in [0.25, 0.3) is 0 Å². The predicted molar refractivity (Wildman–Crippen MR) is 46.2 cm³/mol. The van der Waals surface area contributed by atoms with Crippen molar-refractivity contribution in [2.75, 3.05) is 13.6 Å². The Bertz CT molecular complexity index is 373. The van der Waals surface area contributed by atoms with Crippen LogP contribution in [0.3, 0.4) is 0 Å². The number of rotatable bonds is 2. The van der Waals surface area contributed by atoms with E-state index in [0.717, 1.165) is 0 Å². The highest BCUT2D eigenvalue weighted by Crippen LogP contribution is 2.28. The number of alkyl halides is 3. The minimum absolute atomic E-state index is 0.0521. The van der Waals surface area contributed by atoms with Gasteiger partial charge in [-0.05, 0) is 20.0 Å². The highest BCUT2D eigenvalue weighted by atomic mass is 32.2. The molecule has 15 heavy (non-hydrogen) atoms. The molecule has 4 nitrogen and oxygen atoms in total. The zero-order valence-electron chi connectivity index (χ0n) is 8.08. The van der Waals surface area contributed by atoms with Crippen LogP contribution in [0.2, 0.25) is 0 Å². The van der Waals surface area contributed by atoms with Crippen LogP contribution >= 0.6 is 0 Å². The molecule has 0 N–H and O–H groups in total. The molecule has 0 aromatic carbocycles. The predicted octanol–water partition coefficient (Wildman–Crippen LogP) is 1.07. The molecule has 1 atom stereocenters. The van der Waals surface area contributed by atoms with Crippen LogP contribution in [0, 0.1) is 0 Å². The smallest absolute Gasteiger partial charge is 0.379 e. The lowest BCUT2D eigenvalue weighted by molar-refractivity contribution is -0.0523. The van der Waals surface area contributed by atoms with Crippen LogP contribution in [-0.2, 0) is 14.3 Å². The number of nitrogens with zero attached hydrogens (tertiary/aromatic N) is 1. The number of likely N-dealkylation sites (N-methyl/N-ethyl adjacent to an activating group) is 1. The van der Waals surface area contributed by atoms with Crippen molar-refractivity contribution >= 4 is 10.1 Å². The normalized spacial score (nSPS) is 24.1. The molecule has 0 amide bonds. The summed E-state index contributed by atoms with van der Waals surface area (Å²) in [6, 6.07) is -0.136. The van der Waals surface area contributed by atoms with E-state index in [1.54, 1.807) is 18.9 Å². The fourth-order valence-corrected chi connectivity index (χ4v) is 1.57. The van der Waals surface area contributed by atoms with Gasteiger partial charge in [-0.1, -0.05) is 0 Å². The summed E-state index contributed by atoms with van der Waals surface area (Å²) in [7, 11) is -3.87. The molecule has 0 aliphatic carbocycles. The van der Waals surface area contributed by atoms with E-state index in [1.165, 1.54) is 6.08 Å². The largest absolute Gasteiger partial charge is 0.534 e. The molecule has 1 aliphatic heterocycles. The first-order valence-corrected chi connectivity index (χ1v) is 5.46. The van der Waals surface area contributed by atoms with Gasteiger partial charge in [-0.15, -0.1) is 0 Å². The quantitative estimate of drug-likeness (QED) is 0.539. The fourth-order valence-electron chi connectivity index (χ4n) is 1.08. The lowest BCUT2D eigenvalue weighted by Crippen LogP contribution is -2.27. The minimum atomic E-state index is -5.52. The Morgan fingerprint density at radius 3 is 2.40 bits per heavy atom. The maximum atomic E-state index is 11.9. The van der Waals surface area contributed by atoms with E-state index in [2.05, 4.69) is 4.18 Å². The van der Waals surface area contributed by atoms with Gasteiger partial charge in [-0.2, -0.15) is 21.6 Å². The highest BCUT2D eigenvalue weighted by Gasteiger charge is 2.49. The van der Waals surface area contributed by atoms with Crippen molar-refractivity contribution in [2.24, 2.45) is 0 Å². The summed E-state index contributed by atoms with van der Waals surface area (Å²) in [6.07, 6.45) is 1.34. The fraction of sp³-hybridized carbons (Fsp3) is 0.714. The molecule has 1 aliphatic rings. The molecule has 0 saturated carbocycles. The number of hydrogen-bond acceptors (Lipinski definition) is 4. The molecule has 0 radical (unpaired) electrons. The van der Waals surface area contributed by atoms with E-state index in [4.69, 9.17) is 0 Å². The van der Waals surface area contributed by atoms with Gasteiger partial charge in [-0.25, -0.2) is 0 Å². The van der Waals surface area contributed by atoms with E-state index >= 15 is 0 Å². The SMILES string of the molecule is C[C@@H]1C=C(OS(=O)(=O)C(F)(F)F)CN1C. The standard InChI is InChI=1S/C7H10F3NO3S/c1-5-3-6(4-11(5)2)14-15(12,13)7(8,9)10/h3,5H,4H2,1-2H3/t5-/m1/s1. The van der Waals surface area contributed by atoms with E-state index < -0.39 is 15.6 Å². The summed E-state index contributed by atoms with van der Waals surface area (Å²) in [5.74, 6) is -0.192. The second-order valence-corrected chi connectivity index (χ2v) is 4.81. The van der Waals surface area contributed by atoms with Crippen LogP contribution in [0.1, 0.15) is 6.92 Å². The molecule has 0 unspecified atom stereocenters. The molecule has 0 saturated heterocycles. The topological polar surface area (TPSA) is 46.6 Å². The van der Waals surface area contributed by atoms with Crippen LogP contribution in [0.25, 0.3) is 0 Å². The van der Waals surface area contributed by atoms with Crippen LogP contribution in [0.5, 0.6) is 0 Å². The van der Waals surface area contributed by atoms with Gasteiger partial charge in [0.2, 0.25) is 0 Å². The van der Waals surface area contributed by atoms with Crippen LogP contribution in [0.15, 0.2) is 11.8 Å². The Balaban J connectivity index is 2.77. The Hall–Kier alpha value is -0.760. The second kappa shape index (κ2) is 3.67. The summed E-state index contributed by atoms with van der Waals surface area (Å²) in [6.45, 7) is 1.77. The average molecular weight is 245 g/mol. The van der Waals surface area contributed by atoms with E-state index in [9.17, 15) is 21.6 Å². The Morgan fingerprint density at radius 2 is 2.07 bits per heavy atom. The third-order valence-corrected chi connectivity index (χ3v) is 3.03. The molecule has 0 bridgehead atoms. The first kappa shape index (κ1) is 12.3. The maximum Gasteiger partial charge on any atom is 0.534 e. The Kier molecular flexibility index (Phi) is 3.01. The van der Waals surface area contributed by atoms with Crippen molar-refractivity contribution < 1.29 is 25.8 Å². The monoisotopic (exact) mass is 245 g/mol. The third-order valence-electron chi connectivity index (χ3n) is 2.03. The van der Waals surface area contributed by atoms with Gasteiger partial charge < -0.3 is 4.18 Å². The first-order chi connectivity index (χ1) is 6.63. The Morgan fingerprint density at radius 1 is 1.53 bits per heavy atom. The molecule has 88 valence electrons. The summed E-state index contributed by atoms with van der Waals surface area (Å²) >= 11 is 0. The first-order valence-electron chi connectivity index (χ1n) is 4.05. The van der Waals surface area contributed by atoms with Crippen LogP contribution < -0.4 is 0 Å². The Labute approximate surface area is 85.4 Å². The van der Waals surface area contributed by atoms with Gasteiger partial charge in [0, 0.05) is 6.04 Å². The second-order valence-electron chi connectivity index (χ2n) is 3.27. The van der Waals surface area contributed by atoms with Crippen molar-refractivity contribution in [3.63, 3.8) is 0 Å². The molecule has 1 rings (SSSR count). The maximum absolute atomic E-state index is 11.9. The van der Waals surface area contributed by atoms with Gasteiger partial charge in [0.1, 0.15) is 5.76 Å². The van der Waals surface area contributed by atoms with Gasteiger partial charge in [0.05, 0.1) is 6.54 Å². The zero-order valence-corrected chi connectivity index (χ0v) is 8.89. The molecular formula is C7H10F3NO3S. The average Bonchev–Trinajstić information content (AvgIpc) is 2.27. The number of halogens is 3. The third kappa shape index (κ3) is 2.63. The van der Waals surface area contributed by atoms with E-state index in [-0.39, 0.29) is 18.3 Å². The van der Waals surface area contributed by atoms with Crippen molar-refractivity contribution in [1.82, 2.24) is 4.90 Å². The van der Waals surface area contributed by atoms with E-state index in [1.807, 2.05) is 0 Å². The zero-order chi connectivity index (χ0) is 11.9. The molecule has 0 aromatic rings. The van der Waals surface area contributed by atoms with Crippen LogP contribution in [0.4, 0.5) is 13.2 Å².